The van der Waals surface area contributed by atoms with E-state index in [2.05, 4.69) is 20.4 Å². The van der Waals surface area contributed by atoms with Crippen LogP contribution in [0, 0.1) is 11.6 Å². The van der Waals surface area contributed by atoms with Crippen molar-refractivity contribution in [1.82, 2.24) is 20.4 Å². The molecule has 2 aliphatic rings. The number of rotatable bonds is 8. The van der Waals surface area contributed by atoms with Gasteiger partial charge in [-0.05, 0) is 25.1 Å². The monoisotopic (exact) mass is 586 g/mol. The van der Waals surface area contributed by atoms with Crippen molar-refractivity contribution in [2.24, 2.45) is 0 Å². The number of aromatic amines is 1. The van der Waals surface area contributed by atoms with Crippen molar-refractivity contribution in [2.75, 3.05) is 19.8 Å². The first-order valence-electron chi connectivity index (χ1n) is 13.0. The fourth-order valence-corrected chi connectivity index (χ4v) is 4.14. The van der Waals surface area contributed by atoms with E-state index in [0.29, 0.717) is 5.52 Å². The number of hydrogen-bond acceptors (Lipinski definition) is 9. The fourth-order valence-electron chi connectivity index (χ4n) is 3.93. The van der Waals surface area contributed by atoms with Crippen LogP contribution >= 0.6 is 11.6 Å². The van der Waals surface area contributed by atoms with Gasteiger partial charge in [0, 0.05) is 5.56 Å². The summed E-state index contributed by atoms with van der Waals surface area (Å²) in [5.74, 6) is -2.86. The molecule has 0 aliphatic carbocycles. The number of pyridine rings is 1. The van der Waals surface area contributed by atoms with Crippen molar-refractivity contribution < 1.29 is 42.5 Å². The van der Waals surface area contributed by atoms with Gasteiger partial charge in [-0.15, -0.1) is 0 Å². The lowest BCUT2D eigenvalue weighted by atomic mass is 10.1. The number of fused-ring (bicyclic) bond motifs is 2. The zero-order valence-corrected chi connectivity index (χ0v) is 23.6. The Labute approximate surface area is 235 Å². The number of halogens is 3. The summed E-state index contributed by atoms with van der Waals surface area (Å²) in [6.07, 6.45) is -2.08. The highest BCUT2D eigenvalue weighted by molar-refractivity contribution is 6.32. The van der Waals surface area contributed by atoms with Gasteiger partial charge in [0.2, 0.25) is 5.88 Å². The number of amides is 1. The van der Waals surface area contributed by atoms with Crippen LogP contribution in [0.4, 0.5) is 8.78 Å². The number of hydroxylamine groups is 1. The van der Waals surface area contributed by atoms with Crippen LogP contribution in [0.2, 0.25) is 5.02 Å². The topological polar surface area (TPSA) is 137 Å². The second kappa shape index (κ2) is 14.5. The largest absolute Gasteiger partial charge is 0.471 e. The Morgan fingerprint density at radius 2 is 1.80 bits per heavy atom. The number of carbonyl (C=O) groups is 1. The van der Waals surface area contributed by atoms with Gasteiger partial charge in [0.05, 0.1) is 30.9 Å². The summed E-state index contributed by atoms with van der Waals surface area (Å²) >= 11 is 6.23. The molecule has 1 aromatic carbocycles. The SMILES string of the molecule is CC.CC.CCONC(=O)c1cc(F)c(COc2nc3nc(O[C@@H]4COC5[C@H](O)CO[C@@H]54)[nH]c3cc2Cl)c(F)c1. The second-order valence-electron chi connectivity index (χ2n) is 8.08. The maximum atomic E-state index is 14.5. The molecule has 0 spiro atoms. The molecule has 40 heavy (non-hydrogen) atoms. The smallest absolute Gasteiger partial charge is 0.296 e. The number of aliphatic hydroxyl groups excluding tert-OH is 1. The molecule has 0 saturated carbocycles. The van der Waals surface area contributed by atoms with Crippen molar-refractivity contribution in [3.8, 4) is 11.9 Å². The highest BCUT2D eigenvalue weighted by Crippen LogP contribution is 2.31. The predicted molar refractivity (Wildman–Crippen MR) is 141 cm³/mol. The van der Waals surface area contributed by atoms with Crippen LogP contribution in [0.3, 0.4) is 0 Å². The lowest BCUT2D eigenvalue weighted by Crippen LogP contribution is -2.34. The summed E-state index contributed by atoms with van der Waals surface area (Å²) in [6.45, 7) is 9.68. The average molecular weight is 587 g/mol. The maximum absolute atomic E-state index is 14.5. The standard InChI is InChI=1S/C22H21ClF2N4O7.2C2H6/c1-2-35-29-20(31)9-3-12(24)10(13(25)4-9)6-34-21-11(23)5-14-19(27-21)28-22(26-14)36-16-8-33-17-15(30)7-32-18(16)17;2*1-2/h3-5,15-18,30H,2,6-8H2,1H3,(H,29,31)(H,26,27,28);2*1-2H3/t15-,16-,17?,18-;;/m1../s1. The first-order valence-corrected chi connectivity index (χ1v) is 13.4. The molecule has 2 aliphatic heterocycles. The molecule has 14 heteroatoms. The van der Waals surface area contributed by atoms with Gasteiger partial charge < -0.3 is 29.0 Å². The van der Waals surface area contributed by atoms with Gasteiger partial charge in [-0.2, -0.15) is 9.97 Å². The van der Waals surface area contributed by atoms with E-state index in [1.165, 1.54) is 6.07 Å². The molecule has 3 N–H and O–H groups in total. The van der Waals surface area contributed by atoms with E-state index in [1.807, 2.05) is 27.7 Å². The fraction of sp³-hybridized carbons (Fsp3) is 0.500. The number of H-pyrrole nitrogens is 1. The van der Waals surface area contributed by atoms with E-state index in [1.54, 1.807) is 6.92 Å². The lowest BCUT2D eigenvalue weighted by molar-refractivity contribution is 0.00706. The van der Waals surface area contributed by atoms with E-state index < -0.39 is 54.1 Å². The third-order valence-electron chi connectivity index (χ3n) is 5.68. The molecule has 0 radical (unpaired) electrons. The van der Waals surface area contributed by atoms with Crippen LogP contribution in [0.25, 0.3) is 11.2 Å². The van der Waals surface area contributed by atoms with Crippen LogP contribution < -0.4 is 15.0 Å². The van der Waals surface area contributed by atoms with Gasteiger partial charge >= 0.3 is 0 Å². The molecule has 11 nitrogen and oxygen atoms in total. The first-order chi connectivity index (χ1) is 19.3. The lowest BCUT2D eigenvalue weighted by Gasteiger charge is -2.15. The Bertz CT molecular complexity index is 1270. The van der Waals surface area contributed by atoms with E-state index in [9.17, 15) is 18.7 Å². The molecule has 2 saturated heterocycles. The van der Waals surface area contributed by atoms with Crippen LogP contribution in [0.1, 0.15) is 50.5 Å². The molecule has 1 amide bonds. The number of aliphatic hydroxyl groups is 1. The number of benzene rings is 1. The van der Waals surface area contributed by atoms with Crippen molar-refractivity contribution in [2.45, 2.75) is 65.6 Å². The van der Waals surface area contributed by atoms with E-state index in [0.717, 1.165) is 12.1 Å². The van der Waals surface area contributed by atoms with Gasteiger partial charge in [-0.25, -0.2) is 14.3 Å². The van der Waals surface area contributed by atoms with Crippen LogP contribution in [-0.2, 0) is 20.9 Å². The zero-order chi connectivity index (χ0) is 29.4. The quantitative estimate of drug-likeness (QED) is 0.333. The summed E-state index contributed by atoms with van der Waals surface area (Å²) in [5, 5.41) is 9.92. The highest BCUT2D eigenvalue weighted by Gasteiger charge is 2.48. The number of hydrogen-bond donors (Lipinski definition) is 3. The average Bonchev–Trinajstić information content (AvgIpc) is 3.65. The zero-order valence-electron chi connectivity index (χ0n) is 22.8. The molecule has 0 bridgehead atoms. The van der Waals surface area contributed by atoms with Crippen molar-refractivity contribution in [3.63, 3.8) is 0 Å². The molecule has 2 aromatic heterocycles. The molecule has 4 heterocycles. The molecule has 3 aromatic rings. The van der Waals surface area contributed by atoms with Crippen molar-refractivity contribution in [3.05, 3.63) is 46.0 Å². The molecule has 220 valence electrons. The highest BCUT2D eigenvalue weighted by atomic mass is 35.5. The molecular weight excluding hydrogens is 554 g/mol. The summed E-state index contributed by atoms with van der Waals surface area (Å²) < 4.78 is 51.3. The minimum atomic E-state index is -0.986. The van der Waals surface area contributed by atoms with Gasteiger partial charge in [-0.3, -0.25) is 9.63 Å². The van der Waals surface area contributed by atoms with Gasteiger partial charge in [0.15, 0.2) is 11.8 Å². The van der Waals surface area contributed by atoms with E-state index in [-0.39, 0.29) is 47.9 Å². The Balaban J connectivity index is 0.00000106. The van der Waals surface area contributed by atoms with Crippen LogP contribution in [0.5, 0.6) is 11.9 Å². The third-order valence-corrected chi connectivity index (χ3v) is 5.95. The van der Waals surface area contributed by atoms with Crippen LogP contribution in [-0.4, -0.2) is 70.2 Å². The summed E-state index contributed by atoms with van der Waals surface area (Å²) in [4.78, 5) is 28.0. The number of nitrogens with one attached hydrogen (secondary N) is 2. The molecule has 5 rings (SSSR count). The van der Waals surface area contributed by atoms with Crippen LogP contribution in [0.15, 0.2) is 18.2 Å². The summed E-state index contributed by atoms with van der Waals surface area (Å²) in [6, 6.07) is 3.35. The summed E-state index contributed by atoms with van der Waals surface area (Å²) in [5.41, 5.74) is 2.03. The Morgan fingerprint density at radius 1 is 1.12 bits per heavy atom. The maximum Gasteiger partial charge on any atom is 0.296 e. The third kappa shape index (κ3) is 6.96. The minimum Gasteiger partial charge on any atom is -0.471 e. The van der Waals surface area contributed by atoms with Gasteiger partial charge in [0.1, 0.15) is 41.6 Å². The number of aromatic nitrogens is 3. The Hall–Kier alpha value is -3.10. The molecule has 1 unspecified atom stereocenters. The molecular formula is C26H33ClF2N4O7. The van der Waals surface area contributed by atoms with Gasteiger partial charge in [-0.1, -0.05) is 39.3 Å². The molecule has 4 atom stereocenters. The number of ether oxygens (including phenoxy) is 4. The van der Waals surface area contributed by atoms with E-state index in [4.69, 9.17) is 35.4 Å². The number of carbonyl (C=O) groups excluding carboxylic acids is 1. The van der Waals surface area contributed by atoms with Crippen molar-refractivity contribution in [1.29, 1.82) is 0 Å². The molecule has 2 fully saturated rings. The van der Waals surface area contributed by atoms with E-state index >= 15 is 0 Å². The Morgan fingerprint density at radius 3 is 2.48 bits per heavy atom. The summed E-state index contributed by atoms with van der Waals surface area (Å²) in [7, 11) is 0. The minimum absolute atomic E-state index is 0.0674. The Kier molecular flexibility index (Phi) is 11.4. The predicted octanol–water partition coefficient (Wildman–Crippen LogP) is 4.11. The van der Waals surface area contributed by atoms with Crippen molar-refractivity contribution >= 4 is 28.7 Å². The number of imidazole rings is 1. The second-order valence-corrected chi connectivity index (χ2v) is 8.49. The van der Waals surface area contributed by atoms with Gasteiger partial charge in [0.25, 0.3) is 11.9 Å². The normalized spacial score (nSPS) is 21.1. The first kappa shape index (κ1) is 31.4. The number of nitrogens with zero attached hydrogens (tertiary/aromatic N) is 2.